The van der Waals surface area contributed by atoms with Crippen LogP contribution in [0.4, 0.5) is 10.1 Å². The second-order valence-corrected chi connectivity index (χ2v) is 6.82. The van der Waals surface area contributed by atoms with Crippen molar-refractivity contribution in [3.63, 3.8) is 0 Å². The minimum atomic E-state index is -0.225. The Bertz CT molecular complexity index is 725. The number of carbonyl (C=O) groups excluding carboxylic acids is 1. The molecule has 0 radical (unpaired) electrons. The van der Waals surface area contributed by atoms with Crippen LogP contribution in [0.1, 0.15) is 15.9 Å². The van der Waals surface area contributed by atoms with Crippen molar-refractivity contribution in [2.45, 2.75) is 11.8 Å². The number of carbonyl (C=O) groups is 1. The van der Waals surface area contributed by atoms with E-state index >= 15 is 0 Å². The van der Waals surface area contributed by atoms with Crippen LogP contribution in [0, 0.1) is 12.7 Å². The van der Waals surface area contributed by atoms with E-state index in [1.54, 1.807) is 23.9 Å². The normalized spacial score (nSPS) is 14.8. The summed E-state index contributed by atoms with van der Waals surface area (Å²) in [5.74, 6) is -0.126. The molecule has 1 saturated heterocycles. The monoisotopic (exact) mass is 344 g/mol. The van der Waals surface area contributed by atoms with Gasteiger partial charge in [-0.05, 0) is 55.1 Å². The van der Waals surface area contributed by atoms with Crippen LogP contribution in [-0.4, -0.2) is 43.2 Å². The zero-order valence-corrected chi connectivity index (χ0v) is 14.8. The van der Waals surface area contributed by atoms with E-state index in [-0.39, 0.29) is 11.7 Å². The van der Waals surface area contributed by atoms with Gasteiger partial charge in [0.1, 0.15) is 5.82 Å². The van der Waals surface area contributed by atoms with Crippen molar-refractivity contribution >= 4 is 23.4 Å². The summed E-state index contributed by atoms with van der Waals surface area (Å²) in [5, 5.41) is 0. The smallest absolute Gasteiger partial charge is 0.254 e. The van der Waals surface area contributed by atoms with Gasteiger partial charge in [0.2, 0.25) is 0 Å². The van der Waals surface area contributed by atoms with Gasteiger partial charge in [-0.2, -0.15) is 0 Å². The topological polar surface area (TPSA) is 23.6 Å². The zero-order chi connectivity index (χ0) is 17.1. The van der Waals surface area contributed by atoms with Crippen molar-refractivity contribution in [3.05, 3.63) is 59.4 Å². The Morgan fingerprint density at radius 3 is 2.33 bits per heavy atom. The SMILES string of the molecule is CSc1ccc(C)c(C(=O)N2CCN(c3ccc(F)cc3)CC2)c1. The van der Waals surface area contributed by atoms with Gasteiger partial charge in [0, 0.05) is 42.3 Å². The number of aryl methyl sites for hydroxylation is 1. The number of hydrogen-bond donors (Lipinski definition) is 0. The lowest BCUT2D eigenvalue weighted by atomic mass is 10.1. The molecule has 126 valence electrons. The third-order valence-corrected chi connectivity index (χ3v) is 5.16. The second kappa shape index (κ2) is 7.26. The molecule has 2 aromatic carbocycles. The summed E-state index contributed by atoms with van der Waals surface area (Å²) in [6.07, 6.45) is 2.01. The molecule has 1 heterocycles. The summed E-state index contributed by atoms with van der Waals surface area (Å²) in [7, 11) is 0. The number of anilines is 1. The van der Waals surface area contributed by atoms with Crippen LogP contribution in [-0.2, 0) is 0 Å². The van der Waals surface area contributed by atoms with Crippen LogP contribution in [0.5, 0.6) is 0 Å². The fourth-order valence-electron chi connectivity index (χ4n) is 2.95. The van der Waals surface area contributed by atoms with Crippen molar-refractivity contribution in [1.29, 1.82) is 0 Å². The van der Waals surface area contributed by atoms with Gasteiger partial charge in [-0.15, -0.1) is 11.8 Å². The Balaban J connectivity index is 1.68. The molecular weight excluding hydrogens is 323 g/mol. The predicted molar refractivity (Wildman–Crippen MR) is 97.5 cm³/mol. The summed E-state index contributed by atoms with van der Waals surface area (Å²) < 4.78 is 13.0. The Morgan fingerprint density at radius 2 is 1.71 bits per heavy atom. The first-order valence-electron chi connectivity index (χ1n) is 8.03. The van der Waals surface area contributed by atoms with Crippen molar-refractivity contribution in [3.8, 4) is 0 Å². The Morgan fingerprint density at radius 1 is 1.04 bits per heavy atom. The van der Waals surface area contributed by atoms with Crippen molar-refractivity contribution in [2.24, 2.45) is 0 Å². The molecule has 1 aliphatic rings. The van der Waals surface area contributed by atoms with E-state index in [4.69, 9.17) is 0 Å². The summed E-state index contributed by atoms with van der Waals surface area (Å²) in [6, 6.07) is 12.6. The minimum Gasteiger partial charge on any atom is -0.368 e. The van der Waals surface area contributed by atoms with Crippen molar-refractivity contribution < 1.29 is 9.18 Å². The highest BCUT2D eigenvalue weighted by molar-refractivity contribution is 7.98. The maximum absolute atomic E-state index is 13.0. The van der Waals surface area contributed by atoms with Crippen LogP contribution in [0.15, 0.2) is 47.4 Å². The lowest BCUT2D eigenvalue weighted by molar-refractivity contribution is 0.0746. The van der Waals surface area contributed by atoms with Crippen LogP contribution >= 0.6 is 11.8 Å². The Hall–Kier alpha value is -2.01. The van der Waals surface area contributed by atoms with Crippen molar-refractivity contribution in [2.75, 3.05) is 37.3 Å². The molecule has 0 aromatic heterocycles. The number of rotatable bonds is 3. The molecule has 0 unspecified atom stereocenters. The van der Waals surface area contributed by atoms with Gasteiger partial charge in [-0.3, -0.25) is 4.79 Å². The summed E-state index contributed by atoms with van der Waals surface area (Å²) in [4.78, 5) is 18.0. The first-order chi connectivity index (χ1) is 11.6. The third-order valence-electron chi connectivity index (χ3n) is 4.43. The van der Waals surface area contributed by atoms with Gasteiger partial charge in [-0.1, -0.05) is 6.07 Å². The largest absolute Gasteiger partial charge is 0.368 e. The van der Waals surface area contributed by atoms with E-state index in [0.29, 0.717) is 13.1 Å². The maximum Gasteiger partial charge on any atom is 0.254 e. The van der Waals surface area contributed by atoms with Gasteiger partial charge in [-0.25, -0.2) is 4.39 Å². The van der Waals surface area contributed by atoms with E-state index in [9.17, 15) is 9.18 Å². The summed E-state index contributed by atoms with van der Waals surface area (Å²) >= 11 is 1.64. The first-order valence-corrected chi connectivity index (χ1v) is 9.25. The lowest BCUT2D eigenvalue weighted by Gasteiger charge is -2.36. The highest BCUT2D eigenvalue weighted by Gasteiger charge is 2.23. The van der Waals surface area contributed by atoms with Gasteiger partial charge in [0.15, 0.2) is 0 Å². The standard InChI is InChI=1S/C19H21FN2OS/c1-14-3-8-17(24-2)13-18(14)19(23)22-11-9-21(10-12-22)16-6-4-15(20)5-7-16/h3-8,13H,9-12H2,1-2H3. The van der Waals surface area contributed by atoms with E-state index in [1.165, 1.54) is 12.1 Å². The molecule has 0 atom stereocenters. The van der Waals surface area contributed by atoms with Gasteiger partial charge in [0.05, 0.1) is 0 Å². The molecular formula is C19H21FN2OS. The quantitative estimate of drug-likeness (QED) is 0.791. The van der Waals surface area contributed by atoms with Gasteiger partial charge < -0.3 is 9.80 Å². The second-order valence-electron chi connectivity index (χ2n) is 5.94. The molecule has 1 fully saturated rings. The van der Waals surface area contributed by atoms with Crippen LogP contribution < -0.4 is 4.90 Å². The molecule has 0 saturated carbocycles. The van der Waals surface area contributed by atoms with E-state index in [2.05, 4.69) is 4.90 Å². The minimum absolute atomic E-state index is 0.0992. The molecule has 0 spiro atoms. The first kappa shape index (κ1) is 16.8. The maximum atomic E-state index is 13.0. The molecule has 1 aliphatic heterocycles. The molecule has 3 rings (SSSR count). The molecule has 5 heteroatoms. The highest BCUT2D eigenvalue weighted by atomic mass is 32.2. The van der Waals surface area contributed by atoms with Gasteiger partial charge >= 0.3 is 0 Å². The third kappa shape index (κ3) is 3.56. The summed E-state index contributed by atoms with van der Waals surface area (Å²) in [6.45, 7) is 4.86. The number of piperazine rings is 1. The molecule has 1 amide bonds. The lowest BCUT2D eigenvalue weighted by Crippen LogP contribution is -2.49. The predicted octanol–water partition coefficient (Wildman–Crippen LogP) is 3.82. The van der Waals surface area contributed by atoms with E-state index < -0.39 is 0 Å². The number of amides is 1. The molecule has 2 aromatic rings. The summed E-state index contributed by atoms with van der Waals surface area (Å²) in [5.41, 5.74) is 2.81. The highest BCUT2D eigenvalue weighted by Crippen LogP contribution is 2.22. The average molecular weight is 344 g/mol. The average Bonchev–Trinajstić information content (AvgIpc) is 2.62. The Labute approximate surface area is 146 Å². The molecule has 0 bridgehead atoms. The van der Waals surface area contributed by atoms with E-state index in [0.717, 1.165) is 34.8 Å². The molecule has 0 N–H and O–H groups in total. The zero-order valence-electron chi connectivity index (χ0n) is 14.0. The number of nitrogens with zero attached hydrogens (tertiary/aromatic N) is 2. The van der Waals surface area contributed by atoms with Crippen molar-refractivity contribution in [1.82, 2.24) is 4.90 Å². The molecule has 3 nitrogen and oxygen atoms in total. The van der Waals surface area contributed by atoms with Crippen LogP contribution in [0.25, 0.3) is 0 Å². The van der Waals surface area contributed by atoms with Gasteiger partial charge in [0.25, 0.3) is 5.91 Å². The number of halogens is 1. The fourth-order valence-corrected chi connectivity index (χ4v) is 3.39. The van der Waals surface area contributed by atoms with Crippen LogP contribution in [0.3, 0.4) is 0 Å². The molecule has 0 aliphatic carbocycles. The molecule has 24 heavy (non-hydrogen) atoms. The fraction of sp³-hybridized carbons (Fsp3) is 0.316. The number of benzene rings is 2. The Kier molecular flexibility index (Phi) is 5.09. The number of thioether (sulfide) groups is 1. The van der Waals surface area contributed by atoms with E-state index in [1.807, 2.05) is 36.3 Å². The van der Waals surface area contributed by atoms with Crippen LogP contribution in [0.2, 0.25) is 0 Å². The number of hydrogen-bond acceptors (Lipinski definition) is 3.